The number of furan rings is 1. The van der Waals surface area contributed by atoms with Gasteiger partial charge < -0.3 is 9.73 Å². The van der Waals surface area contributed by atoms with Crippen molar-refractivity contribution in [3.8, 4) is 0 Å². The van der Waals surface area contributed by atoms with Crippen LogP contribution in [0.3, 0.4) is 0 Å². The van der Waals surface area contributed by atoms with Gasteiger partial charge >= 0.3 is 0 Å². The van der Waals surface area contributed by atoms with Crippen molar-refractivity contribution in [1.82, 2.24) is 10.2 Å². The van der Waals surface area contributed by atoms with Gasteiger partial charge in [0.2, 0.25) is 0 Å². The van der Waals surface area contributed by atoms with Crippen LogP contribution in [0, 0.1) is 5.92 Å². The first-order valence-corrected chi connectivity index (χ1v) is 6.71. The lowest BCUT2D eigenvalue weighted by atomic mass is 9.97. The fourth-order valence-electron chi connectivity index (χ4n) is 2.50. The zero-order chi connectivity index (χ0) is 12.1. The molecule has 1 unspecified atom stereocenters. The van der Waals surface area contributed by atoms with Crippen LogP contribution < -0.4 is 5.32 Å². The molecule has 1 aliphatic heterocycles. The van der Waals surface area contributed by atoms with E-state index in [1.807, 2.05) is 6.26 Å². The third-order valence-electron chi connectivity index (χ3n) is 3.40. The minimum absolute atomic E-state index is 0.597. The SMILES string of the molecule is CC(C)NCC1CCCN(Cc2ccoc2)C1. The molecule has 1 fully saturated rings. The van der Waals surface area contributed by atoms with Gasteiger partial charge in [-0.1, -0.05) is 13.8 Å². The summed E-state index contributed by atoms with van der Waals surface area (Å²) in [5, 5.41) is 3.55. The Bertz CT molecular complexity index is 308. The number of hydrogen-bond acceptors (Lipinski definition) is 3. The molecule has 1 saturated heterocycles. The Morgan fingerprint density at radius 2 is 2.41 bits per heavy atom. The van der Waals surface area contributed by atoms with E-state index in [4.69, 9.17) is 4.42 Å². The lowest BCUT2D eigenvalue weighted by Crippen LogP contribution is -2.40. The van der Waals surface area contributed by atoms with Gasteiger partial charge in [-0.05, 0) is 37.9 Å². The summed E-state index contributed by atoms with van der Waals surface area (Å²) in [6.07, 6.45) is 6.30. The second-order valence-electron chi connectivity index (χ2n) is 5.44. The van der Waals surface area contributed by atoms with Crippen LogP contribution in [0.5, 0.6) is 0 Å². The molecular weight excluding hydrogens is 212 g/mol. The van der Waals surface area contributed by atoms with Crippen molar-refractivity contribution in [3.63, 3.8) is 0 Å². The largest absolute Gasteiger partial charge is 0.472 e. The summed E-state index contributed by atoms with van der Waals surface area (Å²) in [7, 11) is 0. The summed E-state index contributed by atoms with van der Waals surface area (Å²) in [6.45, 7) is 9.06. The predicted octanol–water partition coefficient (Wildman–Crippen LogP) is 2.49. The van der Waals surface area contributed by atoms with Gasteiger partial charge in [-0.2, -0.15) is 0 Å². The zero-order valence-electron chi connectivity index (χ0n) is 11.0. The number of nitrogens with zero attached hydrogens (tertiary/aromatic N) is 1. The molecule has 0 aromatic carbocycles. The van der Waals surface area contributed by atoms with Crippen LogP contribution in [-0.2, 0) is 6.54 Å². The molecule has 1 aliphatic rings. The van der Waals surface area contributed by atoms with Gasteiger partial charge in [-0.15, -0.1) is 0 Å². The molecule has 0 radical (unpaired) electrons. The maximum atomic E-state index is 5.12. The van der Waals surface area contributed by atoms with Crippen LogP contribution in [-0.4, -0.2) is 30.6 Å². The summed E-state index contributed by atoms with van der Waals surface area (Å²) < 4.78 is 5.12. The number of rotatable bonds is 5. The van der Waals surface area contributed by atoms with Crippen molar-refractivity contribution in [3.05, 3.63) is 24.2 Å². The first kappa shape index (κ1) is 12.7. The maximum absolute atomic E-state index is 5.12. The molecule has 17 heavy (non-hydrogen) atoms. The highest BCUT2D eigenvalue weighted by atomic mass is 16.3. The zero-order valence-corrected chi connectivity index (χ0v) is 11.0. The Kier molecular flexibility index (Phi) is 4.63. The molecule has 2 rings (SSSR count). The van der Waals surface area contributed by atoms with Crippen LogP contribution >= 0.6 is 0 Å². The normalized spacial score (nSPS) is 22.2. The lowest BCUT2D eigenvalue weighted by molar-refractivity contribution is 0.163. The number of hydrogen-bond donors (Lipinski definition) is 1. The molecular formula is C14H24N2O. The predicted molar refractivity (Wildman–Crippen MR) is 69.8 cm³/mol. The van der Waals surface area contributed by atoms with Gasteiger partial charge in [-0.3, -0.25) is 4.90 Å². The minimum atomic E-state index is 0.597. The third-order valence-corrected chi connectivity index (χ3v) is 3.40. The van der Waals surface area contributed by atoms with Crippen LogP contribution in [0.2, 0.25) is 0 Å². The van der Waals surface area contributed by atoms with E-state index in [1.54, 1.807) is 6.26 Å². The molecule has 1 atom stereocenters. The summed E-state index contributed by atoms with van der Waals surface area (Å²) in [5.74, 6) is 0.804. The van der Waals surface area contributed by atoms with Crippen molar-refractivity contribution < 1.29 is 4.42 Å². The van der Waals surface area contributed by atoms with E-state index in [2.05, 4.69) is 30.1 Å². The molecule has 0 aliphatic carbocycles. The smallest absolute Gasteiger partial charge is 0.0947 e. The third kappa shape index (κ3) is 4.17. The molecule has 1 aromatic heterocycles. The Morgan fingerprint density at radius 1 is 1.53 bits per heavy atom. The number of piperidine rings is 1. The summed E-state index contributed by atoms with van der Waals surface area (Å²) in [4.78, 5) is 2.54. The fourth-order valence-corrected chi connectivity index (χ4v) is 2.50. The van der Waals surface area contributed by atoms with Crippen molar-refractivity contribution >= 4 is 0 Å². The van der Waals surface area contributed by atoms with E-state index in [-0.39, 0.29) is 0 Å². The van der Waals surface area contributed by atoms with Crippen LogP contribution in [0.4, 0.5) is 0 Å². The second kappa shape index (κ2) is 6.22. The van der Waals surface area contributed by atoms with E-state index >= 15 is 0 Å². The van der Waals surface area contributed by atoms with E-state index < -0.39 is 0 Å². The van der Waals surface area contributed by atoms with Crippen LogP contribution in [0.25, 0.3) is 0 Å². The highest BCUT2D eigenvalue weighted by Crippen LogP contribution is 2.18. The molecule has 2 heterocycles. The maximum Gasteiger partial charge on any atom is 0.0947 e. The monoisotopic (exact) mass is 236 g/mol. The standard InChI is InChI=1S/C14H24N2O/c1-12(2)15-8-13-4-3-6-16(9-13)10-14-5-7-17-11-14/h5,7,11-13,15H,3-4,6,8-10H2,1-2H3. The van der Waals surface area contributed by atoms with Gasteiger partial charge in [0.15, 0.2) is 0 Å². The van der Waals surface area contributed by atoms with Crippen molar-refractivity contribution in [2.45, 2.75) is 39.3 Å². The van der Waals surface area contributed by atoms with Crippen molar-refractivity contribution in [2.75, 3.05) is 19.6 Å². The summed E-state index contributed by atoms with van der Waals surface area (Å²) in [6, 6.07) is 2.66. The minimum Gasteiger partial charge on any atom is -0.472 e. The highest BCUT2D eigenvalue weighted by Gasteiger charge is 2.19. The average molecular weight is 236 g/mol. The van der Waals surface area contributed by atoms with Gasteiger partial charge in [0, 0.05) is 24.7 Å². The van der Waals surface area contributed by atoms with Crippen molar-refractivity contribution in [2.24, 2.45) is 5.92 Å². The fraction of sp³-hybridized carbons (Fsp3) is 0.714. The molecule has 3 nitrogen and oxygen atoms in total. The van der Waals surface area contributed by atoms with Crippen LogP contribution in [0.15, 0.2) is 23.0 Å². The average Bonchev–Trinajstić information content (AvgIpc) is 2.80. The molecule has 0 spiro atoms. The van der Waals surface area contributed by atoms with E-state index in [0.29, 0.717) is 6.04 Å². The quantitative estimate of drug-likeness (QED) is 0.851. The van der Waals surface area contributed by atoms with Crippen molar-refractivity contribution in [1.29, 1.82) is 0 Å². The molecule has 3 heteroatoms. The van der Waals surface area contributed by atoms with Gasteiger partial charge in [0.25, 0.3) is 0 Å². The van der Waals surface area contributed by atoms with Gasteiger partial charge in [-0.25, -0.2) is 0 Å². The topological polar surface area (TPSA) is 28.4 Å². The Hall–Kier alpha value is -0.800. The lowest BCUT2D eigenvalue weighted by Gasteiger charge is -2.33. The van der Waals surface area contributed by atoms with Gasteiger partial charge in [0.1, 0.15) is 0 Å². The molecule has 0 saturated carbocycles. The number of likely N-dealkylation sites (tertiary alicyclic amines) is 1. The Balaban J connectivity index is 1.76. The highest BCUT2D eigenvalue weighted by molar-refractivity contribution is 5.05. The molecule has 1 aromatic rings. The second-order valence-corrected chi connectivity index (χ2v) is 5.44. The molecule has 1 N–H and O–H groups in total. The molecule has 0 bridgehead atoms. The van der Waals surface area contributed by atoms with E-state index in [0.717, 1.165) is 19.0 Å². The Morgan fingerprint density at radius 3 is 3.12 bits per heavy atom. The Labute approximate surface area is 104 Å². The summed E-state index contributed by atoms with van der Waals surface area (Å²) >= 11 is 0. The van der Waals surface area contributed by atoms with E-state index in [9.17, 15) is 0 Å². The van der Waals surface area contributed by atoms with Gasteiger partial charge in [0.05, 0.1) is 12.5 Å². The first-order valence-electron chi connectivity index (χ1n) is 6.71. The molecule has 0 amide bonds. The number of nitrogens with one attached hydrogen (secondary N) is 1. The molecule has 96 valence electrons. The van der Waals surface area contributed by atoms with E-state index in [1.165, 1.54) is 31.5 Å². The van der Waals surface area contributed by atoms with Crippen LogP contribution in [0.1, 0.15) is 32.3 Å². The summed E-state index contributed by atoms with van der Waals surface area (Å²) in [5.41, 5.74) is 1.29. The first-order chi connectivity index (χ1) is 8.24.